The summed E-state index contributed by atoms with van der Waals surface area (Å²) in [7, 11) is 0. The molecule has 2 aromatic rings. The maximum Gasteiger partial charge on any atom is 0.255 e. The van der Waals surface area contributed by atoms with Gasteiger partial charge in [0, 0.05) is 17.3 Å². The van der Waals surface area contributed by atoms with Gasteiger partial charge in [-0.2, -0.15) is 0 Å². The Hall–Kier alpha value is -2.53. The quantitative estimate of drug-likeness (QED) is 0.648. The van der Waals surface area contributed by atoms with E-state index in [0.717, 1.165) is 31.4 Å². The molecule has 6 heteroatoms. The Kier molecular flexibility index (Phi) is 6.35. The van der Waals surface area contributed by atoms with Gasteiger partial charge in [-0.05, 0) is 61.7 Å². The Balaban J connectivity index is 1.59. The lowest BCUT2D eigenvalue weighted by atomic mass is 10.1. The molecule has 3 rings (SSSR count). The molecule has 1 aliphatic rings. The van der Waals surface area contributed by atoms with Crippen molar-refractivity contribution in [3.63, 3.8) is 0 Å². The number of halogens is 1. The molecule has 0 bridgehead atoms. The third-order valence-electron chi connectivity index (χ3n) is 4.27. The van der Waals surface area contributed by atoms with Crippen LogP contribution in [0.4, 0.5) is 5.69 Å². The van der Waals surface area contributed by atoms with Crippen LogP contribution in [0, 0.1) is 0 Å². The van der Waals surface area contributed by atoms with E-state index in [1.165, 1.54) is 0 Å². The smallest absolute Gasteiger partial charge is 0.255 e. The van der Waals surface area contributed by atoms with Gasteiger partial charge in [0.05, 0.1) is 17.2 Å². The zero-order valence-electron chi connectivity index (χ0n) is 15.3. The molecule has 2 aromatic carbocycles. The number of hydrogen-bond acceptors (Lipinski definition) is 3. The van der Waals surface area contributed by atoms with Gasteiger partial charge in [-0.15, -0.1) is 0 Å². The number of ether oxygens (including phenoxy) is 1. The van der Waals surface area contributed by atoms with E-state index in [0.29, 0.717) is 28.4 Å². The van der Waals surface area contributed by atoms with Gasteiger partial charge in [-0.1, -0.05) is 24.9 Å². The molecule has 142 valence electrons. The molecule has 2 amide bonds. The standard InChI is InChI=1S/C21H23ClN2O3/c1-2-3-12-27-17-9-4-14(5-10-17)20(25)24-16-8-11-18(19(22)13-16)21(26)23-15-6-7-15/h4-5,8-11,13,15H,2-3,6-7,12H2,1H3,(H,23,26)(H,24,25). The van der Waals surface area contributed by atoms with Crippen LogP contribution in [-0.2, 0) is 0 Å². The first kappa shape index (κ1) is 19.2. The number of amides is 2. The highest BCUT2D eigenvalue weighted by molar-refractivity contribution is 6.34. The molecule has 1 fully saturated rings. The minimum absolute atomic E-state index is 0.181. The average Bonchev–Trinajstić information content (AvgIpc) is 3.46. The fourth-order valence-corrected chi connectivity index (χ4v) is 2.77. The van der Waals surface area contributed by atoms with E-state index in [4.69, 9.17) is 16.3 Å². The van der Waals surface area contributed by atoms with Crippen molar-refractivity contribution in [2.24, 2.45) is 0 Å². The van der Waals surface area contributed by atoms with Crippen molar-refractivity contribution in [3.8, 4) is 5.75 Å². The summed E-state index contributed by atoms with van der Waals surface area (Å²) >= 11 is 6.21. The number of benzene rings is 2. The summed E-state index contributed by atoms with van der Waals surface area (Å²) in [5, 5.41) is 6.00. The first-order valence-corrected chi connectivity index (χ1v) is 9.59. The first-order valence-electron chi connectivity index (χ1n) is 9.21. The summed E-state index contributed by atoms with van der Waals surface area (Å²) in [5.41, 5.74) is 1.47. The molecule has 0 heterocycles. The highest BCUT2D eigenvalue weighted by Crippen LogP contribution is 2.24. The number of anilines is 1. The summed E-state index contributed by atoms with van der Waals surface area (Å²) in [6, 6.07) is 12.1. The lowest BCUT2D eigenvalue weighted by Crippen LogP contribution is -2.25. The monoisotopic (exact) mass is 386 g/mol. The van der Waals surface area contributed by atoms with Gasteiger partial charge in [-0.3, -0.25) is 9.59 Å². The second-order valence-corrected chi connectivity index (χ2v) is 7.03. The number of hydrogen-bond donors (Lipinski definition) is 2. The zero-order chi connectivity index (χ0) is 19.2. The Labute approximate surface area is 164 Å². The number of carbonyl (C=O) groups excluding carboxylic acids is 2. The minimum Gasteiger partial charge on any atom is -0.494 e. The molecular formula is C21H23ClN2O3. The zero-order valence-corrected chi connectivity index (χ0v) is 16.0. The molecule has 27 heavy (non-hydrogen) atoms. The largest absolute Gasteiger partial charge is 0.494 e. The van der Waals surface area contributed by atoms with Crippen LogP contribution in [0.25, 0.3) is 0 Å². The molecule has 2 N–H and O–H groups in total. The summed E-state index contributed by atoms with van der Waals surface area (Å²) in [6.07, 6.45) is 4.10. The normalized spacial score (nSPS) is 13.1. The molecule has 1 saturated carbocycles. The molecule has 0 aliphatic heterocycles. The van der Waals surface area contributed by atoms with Crippen molar-refractivity contribution in [2.75, 3.05) is 11.9 Å². The lowest BCUT2D eigenvalue weighted by Gasteiger charge is -2.10. The van der Waals surface area contributed by atoms with Crippen LogP contribution >= 0.6 is 11.6 Å². The van der Waals surface area contributed by atoms with Gasteiger partial charge < -0.3 is 15.4 Å². The van der Waals surface area contributed by atoms with Gasteiger partial charge >= 0.3 is 0 Å². The summed E-state index contributed by atoms with van der Waals surface area (Å²) in [4.78, 5) is 24.5. The Morgan fingerprint density at radius 3 is 2.48 bits per heavy atom. The average molecular weight is 387 g/mol. The van der Waals surface area contributed by atoms with E-state index >= 15 is 0 Å². The van der Waals surface area contributed by atoms with E-state index in [2.05, 4.69) is 17.6 Å². The van der Waals surface area contributed by atoms with Crippen LogP contribution in [0.5, 0.6) is 5.75 Å². The predicted molar refractivity (Wildman–Crippen MR) is 107 cm³/mol. The topological polar surface area (TPSA) is 67.4 Å². The van der Waals surface area contributed by atoms with Crippen LogP contribution < -0.4 is 15.4 Å². The second kappa shape index (κ2) is 8.91. The van der Waals surface area contributed by atoms with Gasteiger partial charge in [0.1, 0.15) is 5.75 Å². The molecule has 0 aromatic heterocycles. The van der Waals surface area contributed by atoms with Crippen molar-refractivity contribution in [3.05, 3.63) is 58.6 Å². The summed E-state index contributed by atoms with van der Waals surface area (Å²) < 4.78 is 5.60. The van der Waals surface area contributed by atoms with E-state index in [9.17, 15) is 9.59 Å². The van der Waals surface area contributed by atoms with Crippen LogP contribution in [0.1, 0.15) is 53.3 Å². The molecule has 0 unspecified atom stereocenters. The van der Waals surface area contributed by atoms with Crippen LogP contribution in [-0.4, -0.2) is 24.5 Å². The van der Waals surface area contributed by atoms with Gasteiger partial charge in [0.25, 0.3) is 11.8 Å². The second-order valence-electron chi connectivity index (χ2n) is 6.62. The Bertz CT molecular complexity index is 817. The van der Waals surface area contributed by atoms with Crippen molar-refractivity contribution in [2.45, 2.75) is 38.6 Å². The molecule has 0 atom stereocenters. The van der Waals surface area contributed by atoms with Crippen LogP contribution in [0.15, 0.2) is 42.5 Å². The Morgan fingerprint density at radius 1 is 1.11 bits per heavy atom. The molecule has 5 nitrogen and oxygen atoms in total. The Morgan fingerprint density at radius 2 is 1.85 bits per heavy atom. The van der Waals surface area contributed by atoms with Crippen LogP contribution in [0.2, 0.25) is 5.02 Å². The highest BCUT2D eigenvalue weighted by Gasteiger charge is 2.24. The predicted octanol–water partition coefficient (Wildman–Crippen LogP) is 4.66. The first-order chi connectivity index (χ1) is 13.1. The van der Waals surface area contributed by atoms with E-state index in [1.807, 2.05) is 0 Å². The number of rotatable bonds is 8. The van der Waals surface area contributed by atoms with E-state index < -0.39 is 0 Å². The third kappa shape index (κ3) is 5.47. The summed E-state index contributed by atoms with van der Waals surface area (Å²) in [6.45, 7) is 2.77. The van der Waals surface area contributed by atoms with Gasteiger partial charge in [0.2, 0.25) is 0 Å². The molecule has 0 saturated heterocycles. The van der Waals surface area contributed by atoms with Crippen molar-refractivity contribution in [1.29, 1.82) is 0 Å². The fourth-order valence-electron chi connectivity index (χ4n) is 2.51. The highest BCUT2D eigenvalue weighted by atomic mass is 35.5. The van der Waals surface area contributed by atoms with Crippen LogP contribution in [0.3, 0.4) is 0 Å². The lowest BCUT2D eigenvalue weighted by molar-refractivity contribution is 0.0950. The maximum absolute atomic E-state index is 12.4. The van der Waals surface area contributed by atoms with Gasteiger partial charge in [0.15, 0.2) is 0 Å². The summed E-state index contributed by atoms with van der Waals surface area (Å²) in [5.74, 6) is 0.314. The SMILES string of the molecule is CCCCOc1ccc(C(=O)Nc2ccc(C(=O)NC3CC3)c(Cl)c2)cc1. The molecule has 0 radical (unpaired) electrons. The maximum atomic E-state index is 12.4. The van der Waals surface area contributed by atoms with Crippen molar-refractivity contribution < 1.29 is 14.3 Å². The fraction of sp³-hybridized carbons (Fsp3) is 0.333. The van der Waals surface area contributed by atoms with E-state index in [-0.39, 0.29) is 17.9 Å². The number of unbranched alkanes of at least 4 members (excludes halogenated alkanes) is 1. The molecular weight excluding hydrogens is 364 g/mol. The third-order valence-corrected chi connectivity index (χ3v) is 4.58. The van der Waals surface area contributed by atoms with Crippen molar-refractivity contribution >= 4 is 29.1 Å². The molecule has 0 spiro atoms. The molecule has 1 aliphatic carbocycles. The van der Waals surface area contributed by atoms with Gasteiger partial charge in [-0.25, -0.2) is 0 Å². The van der Waals surface area contributed by atoms with Crippen molar-refractivity contribution in [1.82, 2.24) is 5.32 Å². The van der Waals surface area contributed by atoms with E-state index in [1.54, 1.807) is 42.5 Å². The number of carbonyl (C=O) groups is 2. The number of nitrogens with one attached hydrogen (secondary N) is 2. The minimum atomic E-state index is -0.249.